The van der Waals surface area contributed by atoms with Gasteiger partial charge in [0.2, 0.25) is 0 Å². The van der Waals surface area contributed by atoms with Crippen molar-refractivity contribution in [2.75, 3.05) is 13.1 Å². The van der Waals surface area contributed by atoms with Crippen molar-refractivity contribution >= 4 is 6.09 Å². The molecular weight excluding hydrogens is 192 g/mol. The zero-order valence-electron chi connectivity index (χ0n) is 9.41. The van der Waals surface area contributed by atoms with Gasteiger partial charge in [-0.25, -0.2) is 4.79 Å². The Balaban J connectivity index is 2.52. The summed E-state index contributed by atoms with van der Waals surface area (Å²) < 4.78 is 5.22. The fourth-order valence-corrected chi connectivity index (χ4v) is 1.37. The molecule has 1 rings (SSSR count). The lowest BCUT2D eigenvalue weighted by molar-refractivity contribution is 0.0299. The van der Waals surface area contributed by atoms with Gasteiger partial charge in [-0.1, -0.05) is 0 Å². The van der Waals surface area contributed by atoms with Gasteiger partial charge in [0.25, 0.3) is 0 Å². The van der Waals surface area contributed by atoms with Crippen LogP contribution in [0.4, 0.5) is 4.79 Å². The molecule has 0 unspecified atom stereocenters. The third kappa shape index (κ3) is 3.62. The minimum atomic E-state index is -0.460. The maximum atomic E-state index is 11.6. The zero-order chi connectivity index (χ0) is 11.5. The lowest BCUT2D eigenvalue weighted by Crippen LogP contribution is -2.34. The van der Waals surface area contributed by atoms with Crippen LogP contribution in [0.1, 0.15) is 27.2 Å². The largest absolute Gasteiger partial charge is 0.444 e. The van der Waals surface area contributed by atoms with Crippen molar-refractivity contribution in [1.82, 2.24) is 4.90 Å². The van der Waals surface area contributed by atoms with Gasteiger partial charge in [0.05, 0.1) is 6.07 Å². The first-order valence-corrected chi connectivity index (χ1v) is 4.98. The summed E-state index contributed by atoms with van der Waals surface area (Å²) in [5.41, 5.74) is 0.530. The Morgan fingerprint density at radius 3 is 2.80 bits per heavy atom. The number of allylic oxidation sites excluding steroid dienone is 1. The third-order valence-corrected chi connectivity index (χ3v) is 2.02. The molecular formula is C11H16N2O2. The van der Waals surface area contributed by atoms with Gasteiger partial charge >= 0.3 is 6.09 Å². The van der Waals surface area contributed by atoms with E-state index in [1.165, 1.54) is 6.08 Å². The molecule has 1 heterocycles. The van der Waals surface area contributed by atoms with Crippen molar-refractivity contribution in [2.45, 2.75) is 32.8 Å². The monoisotopic (exact) mass is 208 g/mol. The number of likely N-dealkylation sites (tertiary alicyclic amines) is 1. The topological polar surface area (TPSA) is 53.3 Å². The van der Waals surface area contributed by atoms with E-state index in [0.29, 0.717) is 13.1 Å². The zero-order valence-corrected chi connectivity index (χ0v) is 9.41. The van der Waals surface area contributed by atoms with E-state index < -0.39 is 5.60 Å². The highest BCUT2D eigenvalue weighted by Crippen LogP contribution is 2.18. The second kappa shape index (κ2) is 4.35. The molecule has 82 valence electrons. The van der Waals surface area contributed by atoms with E-state index in [-0.39, 0.29) is 6.09 Å². The molecule has 1 fully saturated rings. The SMILES string of the molecule is CC(C)(C)OC(=O)N1CC/C(=C\C#N)C1. The maximum absolute atomic E-state index is 11.6. The first-order chi connectivity index (χ1) is 6.92. The third-order valence-electron chi connectivity index (χ3n) is 2.02. The van der Waals surface area contributed by atoms with Crippen molar-refractivity contribution in [1.29, 1.82) is 5.26 Å². The maximum Gasteiger partial charge on any atom is 0.410 e. The first kappa shape index (κ1) is 11.6. The van der Waals surface area contributed by atoms with E-state index in [1.54, 1.807) is 4.90 Å². The highest BCUT2D eigenvalue weighted by Gasteiger charge is 2.26. The van der Waals surface area contributed by atoms with Gasteiger partial charge in [0, 0.05) is 19.2 Å². The molecule has 0 aliphatic carbocycles. The standard InChI is InChI=1S/C11H16N2O2/c1-11(2,3)15-10(14)13-7-5-9(8-13)4-6-12/h4H,5,7-8H2,1-3H3/b9-4+. The molecule has 0 atom stereocenters. The van der Waals surface area contributed by atoms with Gasteiger partial charge in [0.15, 0.2) is 0 Å². The average Bonchev–Trinajstić information content (AvgIpc) is 2.50. The summed E-state index contributed by atoms with van der Waals surface area (Å²) in [6.45, 7) is 6.68. The highest BCUT2D eigenvalue weighted by molar-refractivity contribution is 5.69. The second-order valence-corrected chi connectivity index (χ2v) is 4.58. The smallest absolute Gasteiger partial charge is 0.410 e. The van der Waals surface area contributed by atoms with Gasteiger partial charge in [-0.2, -0.15) is 5.26 Å². The van der Waals surface area contributed by atoms with Crippen LogP contribution in [0.2, 0.25) is 0 Å². The fraction of sp³-hybridized carbons (Fsp3) is 0.636. The van der Waals surface area contributed by atoms with Crippen LogP contribution in [-0.4, -0.2) is 29.7 Å². The van der Waals surface area contributed by atoms with Crippen molar-refractivity contribution in [3.63, 3.8) is 0 Å². The van der Waals surface area contributed by atoms with Gasteiger partial charge in [0.1, 0.15) is 5.60 Å². The Labute approximate surface area is 90.1 Å². The van der Waals surface area contributed by atoms with E-state index >= 15 is 0 Å². The van der Waals surface area contributed by atoms with Crippen LogP contribution in [-0.2, 0) is 4.74 Å². The average molecular weight is 208 g/mol. The van der Waals surface area contributed by atoms with Crippen molar-refractivity contribution in [3.8, 4) is 6.07 Å². The normalized spacial score (nSPS) is 19.1. The molecule has 15 heavy (non-hydrogen) atoms. The van der Waals surface area contributed by atoms with Crippen molar-refractivity contribution < 1.29 is 9.53 Å². The predicted octanol–water partition coefficient (Wildman–Crippen LogP) is 2.08. The minimum Gasteiger partial charge on any atom is -0.444 e. The number of carbonyl (C=O) groups is 1. The van der Waals surface area contributed by atoms with Gasteiger partial charge < -0.3 is 9.64 Å². The van der Waals surface area contributed by atoms with Gasteiger partial charge in [-0.05, 0) is 32.8 Å². The Morgan fingerprint density at radius 1 is 1.60 bits per heavy atom. The number of rotatable bonds is 0. The number of hydrogen-bond acceptors (Lipinski definition) is 3. The van der Waals surface area contributed by atoms with Gasteiger partial charge in [-0.15, -0.1) is 0 Å². The molecule has 0 radical (unpaired) electrons. The van der Waals surface area contributed by atoms with E-state index in [2.05, 4.69) is 0 Å². The van der Waals surface area contributed by atoms with Crippen LogP contribution in [0.5, 0.6) is 0 Å². The van der Waals surface area contributed by atoms with Crippen LogP contribution in [0.3, 0.4) is 0 Å². The quantitative estimate of drug-likeness (QED) is 0.573. The van der Waals surface area contributed by atoms with Crippen LogP contribution < -0.4 is 0 Å². The summed E-state index contributed by atoms with van der Waals surface area (Å²) in [7, 11) is 0. The first-order valence-electron chi connectivity index (χ1n) is 4.98. The second-order valence-electron chi connectivity index (χ2n) is 4.58. The van der Waals surface area contributed by atoms with Crippen LogP contribution in [0, 0.1) is 11.3 Å². The molecule has 4 heteroatoms. The van der Waals surface area contributed by atoms with Crippen molar-refractivity contribution in [2.24, 2.45) is 0 Å². The summed E-state index contributed by atoms with van der Waals surface area (Å²) in [5, 5.41) is 8.48. The minimum absolute atomic E-state index is 0.302. The predicted molar refractivity (Wildman–Crippen MR) is 56.1 cm³/mol. The van der Waals surface area contributed by atoms with Gasteiger partial charge in [-0.3, -0.25) is 0 Å². The highest BCUT2D eigenvalue weighted by atomic mass is 16.6. The molecule has 0 aromatic carbocycles. The molecule has 0 N–H and O–H groups in total. The lowest BCUT2D eigenvalue weighted by Gasteiger charge is -2.23. The molecule has 0 saturated carbocycles. The fourth-order valence-electron chi connectivity index (χ4n) is 1.37. The molecule has 0 aromatic heterocycles. The molecule has 0 spiro atoms. The molecule has 0 aromatic rings. The molecule has 1 aliphatic rings. The van der Waals surface area contributed by atoms with Crippen molar-refractivity contribution in [3.05, 3.63) is 11.6 Å². The van der Waals surface area contributed by atoms with E-state index in [4.69, 9.17) is 10.00 Å². The molecule has 1 saturated heterocycles. The summed E-state index contributed by atoms with van der Waals surface area (Å²) in [5.74, 6) is 0. The number of nitriles is 1. The van der Waals surface area contributed by atoms with Crippen LogP contribution in [0.15, 0.2) is 11.6 Å². The summed E-state index contributed by atoms with van der Waals surface area (Å²) in [6.07, 6.45) is 1.97. The molecule has 1 amide bonds. The molecule has 1 aliphatic heterocycles. The van der Waals surface area contributed by atoms with Crippen LogP contribution in [0.25, 0.3) is 0 Å². The van der Waals surface area contributed by atoms with E-state index in [9.17, 15) is 4.79 Å². The summed E-state index contributed by atoms with van der Waals surface area (Å²) >= 11 is 0. The lowest BCUT2D eigenvalue weighted by atomic mass is 10.2. The number of amides is 1. The number of nitrogens with zero attached hydrogens (tertiary/aromatic N) is 2. The Hall–Kier alpha value is -1.50. The number of hydrogen-bond donors (Lipinski definition) is 0. The van der Waals surface area contributed by atoms with E-state index in [0.717, 1.165) is 12.0 Å². The molecule has 0 bridgehead atoms. The van der Waals surface area contributed by atoms with Crippen LogP contribution >= 0.6 is 0 Å². The summed E-state index contributed by atoms with van der Waals surface area (Å²) in [4.78, 5) is 13.2. The Kier molecular flexibility index (Phi) is 3.35. The Morgan fingerprint density at radius 2 is 2.27 bits per heavy atom. The number of carbonyl (C=O) groups excluding carboxylic acids is 1. The Bertz CT molecular complexity index is 320. The van der Waals surface area contributed by atoms with E-state index in [1.807, 2.05) is 26.8 Å². The summed E-state index contributed by atoms with van der Waals surface area (Å²) in [6, 6.07) is 1.98. The molecule has 4 nitrogen and oxygen atoms in total. The number of ether oxygens (including phenoxy) is 1.